The molecular formula is C14H20O3S. The lowest BCUT2D eigenvalue weighted by Crippen LogP contribution is -2.27. The van der Waals surface area contributed by atoms with Crippen molar-refractivity contribution < 1.29 is 14.3 Å². The van der Waals surface area contributed by atoms with E-state index in [2.05, 4.69) is 12.6 Å². The number of thiol groups is 1. The molecule has 0 saturated carbocycles. The molecule has 0 aromatic heterocycles. The minimum Gasteiger partial charge on any atom is -0.459 e. The second-order valence-electron chi connectivity index (χ2n) is 4.11. The predicted molar refractivity (Wildman–Crippen MR) is 75.0 cm³/mol. The van der Waals surface area contributed by atoms with E-state index in [0.29, 0.717) is 19.6 Å². The van der Waals surface area contributed by atoms with Crippen LogP contribution in [0.1, 0.15) is 19.4 Å². The molecular weight excluding hydrogens is 248 g/mol. The molecule has 1 rings (SSSR count). The third-order valence-corrected chi connectivity index (χ3v) is 2.81. The molecule has 3 nitrogen and oxygen atoms in total. The molecule has 0 fully saturated rings. The zero-order valence-corrected chi connectivity index (χ0v) is 11.7. The summed E-state index contributed by atoms with van der Waals surface area (Å²) in [4.78, 5) is 11.8. The highest BCUT2D eigenvalue weighted by atomic mass is 32.1. The first-order valence-electron chi connectivity index (χ1n) is 6.13. The summed E-state index contributed by atoms with van der Waals surface area (Å²) in [5.74, 6) is -0.297. The maximum atomic E-state index is 11.8. The van der Waals surface area contributed by atoms with Gasteiger partial charge in [0.1, 0.15) is 11.4 Å². The first kappa shape index (κ1) is 15.1. The van der Waals surface area contributed by atoms with Crippen molar-refractivity contribution in [3.63, 3.8) is 0 Å². The lowest BCUT2D eigenvalue weighted by molar-refractivity contribution is -0.150. The third kappa shape index (κ3) is 5.56. The van der Waals surface area contributed by atoms with Crippen molar-refractivity contribution in [2.75, 3.05) is 13.2 Å². The van der Waals surface area contributed by atoms with E-state index in [0.717, 1.165) is 5.56 Å². The van der Waals surface area contributed by atoms with Crippen LogP contribution in [0.2, 0.25) is 0 Å². The molecule has 0 aliphatic carbocycles. The van der Waals surface area contributed by atoms with E-state index < -0.39 is 5.25 Å². The van der Waals surface area contributed by atoms with Gasteiger partial charge in [-0.1, -0.05) is 30.3 Å². The fraction of sp³-hybridized carbons (Fsp3) is 0.500. The van der Waals surface area contributed by atoms with Crippen LogP contribution in [0.15, 0.2) is 30.3 Å². The van der Waals surface area contributed by atoms with Crippen LogP contribution in [0.5, 0.6) is 0 Å². The highest BCUT2D eigenvalue weighted by molar-refractivity contribution is 7.81. The van der Waals surface area contributed by atoms with Gasteiger partial charge in [0.05, 0.1) is 6.61 Å². The summed E-state index contributed by atoms with van der Waals surface area (Å²) in [7, 11) is 0. The molecule has 0 spiro atoms. The lowest BCUT2D eigenvalue weighted by Gasteiger charge is -2.16. The quantitative estimate of drug-likeness (QED) is 0.609. The van der Waals surface area contributed by atoms with Gasteiger partial charge in [-0.2, -0.15) is 12.6 Å². The van der Waals surface area contributed by atoms with Crippen molar-refractivity contribution in [2.45, 2.75) is 31.6 Å². The molecule has 0 aliphatic rings. The topological polar surface area (TPSA) is 35.5 Å². The number of carbonyl (C=O) groups excluding carboxylic acids is 1. The number of ether oxygens (including phenoxy) is 2. The highest BCUT2D eigenvalue weighted by Crippen LogP contribution is 2.10. The molecule has 0 amide bonds. The smallest absolute Gasteiger partial charge is 0.319 e. The van der Waals surface area contributed by atoms with E-state index in [9.17, 15) is 4.79 Å². The van der Waals surface area contributed by atoms with Gasteiger partial charge in [-0.3, -0.25) is 4.79 Å². The Kier molecular flexibility index (Phi) is 6.83. The Morgan fingerprint density at radius 3 is 2.61 bits per heavy atom. The van der Waals surface area contributed by atoms with Crippen molar-refractivity contribution in [2.24, 2.45) is 0 Å². The van der Waals surface area contributed by atoms with Gasteiger partial charge < -0.3 is 9.47 Å². The van der Waals surface area contributed by atoms with Crippen molar-refractivity contribution in [1.82, 2.24) is 0 Å². The molecule has 1 aromatic rings. The number of rotatable bonds is 7. The van der Waals surface area contributed by atoms with Crippen LogP contribution in [0, 0.1) is 0 Å². The summed E-state index contributed by atoms with van der Waals surface area (Å²) in [5.41, 5.74) is 1.08. The number of hydrogen-bond donors (Lipinski definition) is 1. The van der Waals surface area contributed by atoms with Crippen molar-refractivity contribution in [3.05, 3.63) is 35.9 Å². The van der Waals surface area contributed by atoms with E-state index in [-0.39, 0.29) is 12.1 Å². The zero-order valence-electron chi connectivity index (χ0n) is 10.8. The zero-order chi connectivity index (χ0) is 13.4. The molecule has 18 heavy (non-hydrogen) atoms. The molecule has 2 atom stereocenters. The van der Waals surface area contributed by atoms with Crippen LogP contribution < -0.4 is 0 Å². The van der Waals surface area contributed by atoms with Crippen molar-refractivity contribution >= 4 is 18.6 Å². The largest absolute Gasteiger partial charge is 0.459 e. The molecule has 0 N–H and O–H groups in total. The summed E-state index contributed by atoms with van der Waals surface area (Å²) in [6, 6.07) is 9.78. The Bertz CT molecular complexity index is 353. The molecule has 4 heteroatoms. The van der Waals surface area contributed by atoms with Crippen molar-refractivity contribution in [3.8, 4) is 0 Å². The van der Waals surface area contributed by atoms with Gasteiger partial charge in [0.25, 0.3) is 0 Å². The van der Waals surface area contributed by atoms with Crippen molar-refractivity contribution in [1.29, 1.82) is 0 Å². The van der Waals surface area contributed by atoms with E-state index in [4.69, 9.17) is 9.47 Å². The summed E-state index contributed by atoms with van der Waals surface area (Å²) >= 11 is 4.29. The third-order valence-electron chi connectivity index (χ3n) is 2.42. The molecule has 1 aromatic carbocycles. The second-order valence-corrected chi connectivity index (χ2v) is 4.74. The van der Waals surface area contributed by atoms with E-state index in [1.165, 1.54) is 0 Å². The minimum atomic E-state index is -0.434. The highest BCUT2D eigenvalue weighted by Gasteiger charge is 2.18. The average Bonchev–Trinajstić information content (AvgIpc) is 2.37. The summed E-state index contributed by atoms with van der Waals surface area (Å²) < 4.78 is 10.4. The van der Waals surface area contributed by atoms with Gasteiger partial charge in [-0.05, 0) is 25.8 Å². The number of carbonyl (C=O) groups is 1. The van der Waals surface area contributed by atoms with Gasteiger partial charge >= 0.3 is 5.97 Å². The number of esters is 1. The van der Waals surface area contributed by atoms with Gasteiger partial charge in [0, 0.05) is 6.61 Å². The molecule has 2 unspecified atom stereocenters. The monoisotopic (exact) mass is 268 g/mol. The lowest BCUT2D eigenvalue weighted by atomic mass is 10.1. The first-order valence-corrected chi connectivity index (χ1v) is 6.65. The van der Waals surface area contributed by atoms with Crippen LogP contribution >= 0.6 is 12.6 Å². The standard InChI is InChI=1S/C14H20O3S/c1-3-16-10-11(2)17-14(15)13(18)9-12-7-5-4-6-8-12/h4-8,11,13,18H,3,9-10H2,1-2H3. The minimum absolute atomic E-state index is 0.233. The average molecular weight is 268 g/mol. The van der Waals surface area contributed by atoms with Crippen LogP contribution in [0.3, 0.4) is 0 Å². The Balaban J connectivity index is 2.37. The fourth-order valence-electron chi connectivity index (χ4n) is 1.52. The Morgan fingerprint density at radius 1 is 1.33 bits per heavy atom. The maximum Gasteiger partial charge on any atom is 0.319 e. The molecule has 0 aliphatic heterocycles. The predicted octanol–water partition coefficient (Wildman–Crippen LogP) is 2.50. The fourth-order valence-corrected chi connectivity index (χ4v) is 1.79. The molecule has 0 bridgehead atoms. The Morgan fingerprint density at radius 2 is 2.00 bits per heavy atom. The Hall–Kier alpha value is -1.00. The van der Waals surface area contributed by atoms with Crippen LogP contribution in [-0.4, -0.2) is 30.5 Å². The molecule has 0 heterocycles. The molecule has 100 valence electrons. The van der Waals surface area contributed by atoms with Gasteiger partial charge in [0.2, 0.25) is 0 Å². The van der Waals surface area contributed by atoms with E-state index in [1.54, 1.807) is 0 Å². The van der Waals surface area contributed by atoms with E-state index >= 15 is 0 Å². The molecule has 0 radical (unpaired) electrons. The second kappa shape index (κ2) is 8.16. The Labute approximate surface area is 114 Å². The number of benzene rings is 1. The van der Waals surface area contributed by atoms with Gasteiger partial charge in [0.15, 0.2) is 0 Å². The maximum absolute atomic E-state index is 11.8. The van der Waals surface area contributed by atoms with E-state index in [1.807, 2.05) is 44.2 Å². The summed E-state index contributed by atoms with van der Waals surface area (Å²) in [5, 5.41) is -0.434. The van der Waals surface area contributed by atoms with Crippen LogP contribution in [0.4, 0.5) is 0 Å². The SMILES string of the molecule is CCOCC(C)OC(=O)C(S)Cc1ccccc1. The summed E-state index contributed by atoms with van der Waals surface area (Å²) in [6.07, 6.45) is 0.340. The van der Waals surface area contributed by atoms with Crippen LogP contribution in [-0.2, 0) is 20.7 Å². The van der Waals surface area contributed by atoms with Gasteiger partial charge in [-0.15, -0.1) is 0 Å². The van der Waals surface area contributed by atoms with Crippen LogP contribution in [0.25, 0.3) is 0 Å². The first-order chi connectivity index (χ1) is 8.63. The number of hydrogen-bond acceptors (Lipinski definition) is 4. The molecule has 0 saturated heterocycles. The normalized spacial score (nSPS) is 13.9. The van der Waals surface area contributed by atoms with Gasteiger partial charge in [-0.25, -0.2) is 0 Å². The summed E-state index contributed by atoms with van der Waals surface area (Å²) in [6.45, 7) is 4.77.